The second-order valence-electron chi connectivity index (χ2n) is 3.84. The molecule has 3 nitrogen and oxygen atoms in total. The number of hydrogen-bond donors (Lipinski definition) is 1. The highest BCUT2D eigenvalue weighted by molar-refractivity contribution is 8.14. The zero-order valence-corrected chi connectivity index (χ0v) is 10.6. The van der Waals surface area contributed by atoms with Crippen LogP contribution in [-0.4, -0.2) is 34.6 Å². The van der Waals surface area contributed by atoms with Gasteiger partial charge in [-0.2, -0.15) is 0 Å². The van der Waals surface area contributed by atoms with Crippen molar-refractivity contribution in [3.05, 3.63) is 35.9 Å². The number of carbonyl (C=O) groups excluding carboxylic acids is 1. The lowest BCUT2D eigenvalue weighted by molar-refractivity contribution is 0.179. The summed E-state index contributed by atoms with van der Waals surface area (Å²) in [7, 11) is 3.41. The molecule has 88 valence electrons. The van der Waals surface area contributed by atoms with Gasteiger partial charge in [0.15, 0.2) is 0 Å². The molecule has 1 aromatic carbocycles. The van der Waals surface area contributed by atoms with Gasteiger partial charge in [-0.15, -0.1) is 0 Å². The van der Waals surface area contributed by atoms with E-state index in [1.807, 2.05) is 37.3 Å². The summed E-state index contributed by atoms with van der Waals surface area (Å²) in [6.45, 7) is 1.85. The lowest BCUT2D eigenvalue weighted by Gasteiger charge is -2.19. The Balaban J connectivity index is 2.61. The number of carbonyl (C=O) groups is 1. The lowest BCUT2D eigenvalue weighted by atomic mass is 10.1. The number of thioether (sulfide) groups is 1. The quantitative estimate of drug-likeness (QED) is 0.881. The molecule has 2 atom stereocenters. The molecule has 0 spiro atoms. The first kappa shape index (κ1) is 13.1. The molecule has 0 radical (unpaired) electrons. The average molecular weight is 239 g/mol. The average Bonchev–Trinajstić information content (AvgIpc) is 2.28. The van der Waals surface area contributed by atoms with Crippen LogP contribution in [0.4, 0.5) is 4.79 Å². The normalized spacial score (nSPS) is 14.2. The Morgan fingerprint density at radius 3 is 2.38 bits per heavy atom. The minimum Gasteiger partial charge on any atom is -0.387 e. The van der Waals surface area contributed by atoms with E-state index in [1.54, 1.807) is 14.1 Å². The van der Waals surface area contributed by atoms with E-state index in [9.17, 15) is 9.90 Å². The molecule has 0 aliphatic rings. The third-order valence-electron chi connectivity index (χ3n) is 2.24. The molecular weight excluding hydrogens is 222 g/mol. The van der Waals surface area contributed by atoms with Gasteiger partial charge in [0.1, 0.15) is 0 Å². The predicted molar refractivity (Wildman–Crippen MR) is 67.5 cm³/mol. The number of rotatable bonds is 3. The van der Waals surface area contributed by atoms with Crippen molar-refractivity contribution in [1.29, 1.82) is 0 Å². The summed E-state index contributed by atoms with van der Waals surface area (Å²) in [5.74, 6) is 0. The summed E-state index contributed by atoms with van der Waals surface area (Å²) in [5, 5.41) is 9.83. The fourth-order valence-corrected chi connectivity index (χ4v) is 2.07. The van der Waals surface area contributed by atoms with Gasteiger partial charge in [-0.05, 0) is 12.5 Å². The third kappa shape index (κ3) is 3.54. The summed E-state index contributed by atoms with van der Waals surface area (Å²) < 4.78 is 0. The van der Waals surface area contributed by atoms with Crippen molar-refractivity contribution in [2.75, 3.05) is 14.1 Å². The van der Waals surface area contributed by atoms with Gasteiger partial charge < -0.3 is 10.0 Å². The molecule has 0 fully saturated rings. The largest absolute Gasteiger partial charge is 0.387 e. The van der Waals surface area contributed by atoms with Gasteiger partial charge in [0, 0.05) is 19.3 Å². The van der Waals surface area contributed by atoms with Crippen LogP contribution < -0.4 is 0 Å². The highest BCUT2D eigenvalue weighted by Gasteiger charge is 2.20. The van der Waals surface area contributed by atoms with Gasteiger partial charge in [0.2, 0.25) is 0 Å². The fraction of sp³-hybridized carbons (Fsp3) is 0.417. The van der Waals surface area contributed by atoms with Crippen LogP contribution in [0.1, 0.15) is 18.6 Å². The second-order valence-corrected chi connectivity index (χ2v) is 5.17. The molecule has 0 saturated heterocycles. The molecule has 1 N–H and O–H groups in total. The lowest BCUT2D eigenvalue weighted by Crippen LogP contribution is -2.21. The Bertz CT molecular complexity index is 340. The molecule has 0 bridgehead atoms. The van der Waals surface area contributed by atoms with E-state index in [2.05, 4.69) is 0 Å². The molecule has 1 rings (SSSR count). The van der Waals surface area contributed by atoms with Crippen LogP contribution in [0.15, 0.2) is 30.3 Å². The minimum atomic E-state index is -0.616. The van der Waals surface area contributed by atoms with Crippen molar-refractivity contribution in [3.63, 3.8) is 0 Å². The van der Waals surface area contributed by atoms with Gasteiger partial charge >= 0.3 is 0 Å². The van der Waals surface area contributed by atoms with Crippen molar-refractivity contribution in [1.82, 2.24) is 4.90 Å². The predicted octanol–water partition coefficient (Wildman–Crippen LogP) is 2.52. The number of aliphatic hydroxyl groups excluding tert-OH is 1. The van der Waals surface area contributed by atoms with Gasteiger partial charge in [0.25, 0.3) is 5.24 Å². The number of nitrogens with zero attached hydrogens (tertiary/aromatic N) is 1. The number of amides is 1. The molecule has 0 saturated carbocycles. The van der Waals surface area contributed by atoms with E-state index < -0.39 is 6.10 Å². The highest BCUT2D eigenvalue weighted by Crippen LogP contribution is 2.27. The van der Waals surface area contributed by atoms with Crippen LogP contribution in [-0.2, 0) is 0 Å². The Hall–Kier alpha value is -1.00. The van der Waals surface area contributed by atoms with Crippen molar-refractivity contribution >= 4 is 17.0 Å². The van der Waals surface area contributed by atoms with E-state index in [0.29, 0.717) is 0 Å². The fourth-order valence-electron chi connectivity index (χ4n) is 1.25. The molecule has 2 unspecified atom stereocenters. The first-order valence-electron chi connectivity index (χ1n) is 5.13. The molecule has 1 amide bonds. The molecule has 4 heteroatoms. The summed E-state index contributed by atoms with van der Waals surface area (Å²) >= 11 is 1.15. The van der Waals surface area contributed by atoms with Crippen molar-refractivity contribution in [2.24, 2.45) is 0 Å². The Kier molecular flexibility index (Phi) is 4.83. The third-order valence-corrected chi connectivity index (χ3v) is 3.43. The monoisotopic (exact) mass is 239 g/mol. The van der Waals surface area contributed by atoms with Crippen molar-refractivity contribution in [2.45, 2.75) is 18.3 Å². The molecular formula is C12H17NO2S. The second kappa shape index (κ2) is 5.92. The molecule has 1 aromatic rings. The van der Waals surface area contributed by atoms with Crippen LogP contribution in [0.3, 0.4) is 0 Å². The molecule has 0 heterocycles. The Morgan fingerprint density at radius 2 is 1.88 bits per heavy atom. The van der Waals surface area contributed by atoms with Crippen LogP contribution in [0.2, 0.25) is 0 Å². The van der Waals surface area contributed by atoms with Gasteiger partial charge in [0.05, 0.1) is 6.10 Å². The van der Waals surface area contributed by atoms with E-state index in [-0.39, 0.29) is 10.5 Å². The molecule has 16 heavy (non-hydrogen) atoms. The van der Waals surface area contributed by atoms with Crippen LogP contribution >= 0.6 is 11.8 Å². The highest BCUT2D eigenvalue weighted by atomic mass is 32.2. The first-order chi connectivity index (χ1) is 7.52. The Morgan fingerprint density at radius 1 is 1.31 bits per heavy atom. The van der Waals surface area contributed by atoms with Crippen LogP contribution in [0.25, 0.3) is 0 Å². The van der Waals surface area contributed by atoms with Crippen molar-refractivity contribution < 1.29 is 9.90 Å². The zero-order chi connectivity index (χ0) is 12.1. The van der Waals surface area contributed by atoms with E-state index >= 15 is 0 Å². The SMILES string of the molecule is CC(SC(=O)N(C)C)C(O)c1ccccc1. The standard InChI is InChI=1S/C12H17NO2S/c1-9(16-12(15)13(2)3)11(14)10-7-5-4-6-8-10/h4-9,11,14H,1-3H3. The Labute approximate surface area is 100 Å². The summed E-state index contributed by atoms with van der Waals surface area (Å²) in [6.07, 6.45) is -0.616. The van der Waals surface area contributed by atoms with Crippen LogP contribution in [0.5, 0.6) is 0 Å². The maximum atomic E-state index is 11.5. The number of benzene rings is 1. The van der Waals surface area contributed by atoms with E-state index in [0.717, 1.165) is 17.3 Å². The topological polar surface area (TPSA) is 40.5 Å². The summed E-state index contributed by atoms with van der Waals surface area (Å²) in [5.41, 5.74) is 0.842. The summed E-state index contributed by atoms with van der Waals surface area (Å²) in [4.78, 5) is 13.0. The maximum absolute atomic E-state index is 11.5. The number of hydrogen-bond acceptors (Lipinski definition) is 3. The van der Waals surface area contributed by atoms with Gasteiger partial charge in [-0.1, -0.05) is 42.1 Å². The molecule has 0 aliphatic heterocycles. The number of aliphatic hydroxyl groups is 1. The first-order valence-corrected chi connectivity index (χ1v) is 6.01. The molecule has 0 aromatic heterocycles. The minimum absolute atomic E-state index is 0.0394. The van der Waals surface area contributed by atoms with E-state index in [1.165, 1.54) is 4.90 Å². The summed E-state index contributed by atoms with van der Waals surface area (Å²) in [6, 6.07) is 9.39. The smallest absolute Gasteiger partial charge is 0.281 e. The zero-order valence-electron chi connectivity index (χ0n) is 9.75. The van der Waals surface area contributed by atoms with Crippen molar-refractivity contribution in [3.8, 4) is 0 Å². The van der Waals surface area contributed by atoms with Gasteiger partial charge in [-0.3, -0.25) is 4.79 Å². The molecule has 0 aliphatic carbocycles. The van der Waals surface area contributed by atoms with E-state index in [4.69, 9.17) is 0 Å². The van der Waals surface area contributed by atoms with Crippen LogP contribution in [0, 0.1) is 0 Å². The van der Waals surface area contributed by atoms with Gasteiger partial charge in [-0.25, -0.2) is 0 Å². The maximum Gasteiger partial charge on any atom is 0.281 e.